The van der Waals surface area contributed by atoms with Crippen LogP contribution in [0.1, 0.15) is 55.5 Å². The zero-order chi connectivity index (χ0) is 33.9. The van der Waals surface area contributed by atoms with Gasteiger partial charge in [0.05, 0.1) is 17.3 Å². The summed E-state index contributed by atoms with van der Waals surface area (Å²) in [5.74, 6) is 0. The number of furan rings is 1. The lowest BCUT2D eigenvalue weighted by Gasteiger charge is -2.28. The number of nitrogens with zero attached hydrogens (tertiary/aromatic N) is 2. The van der Waals surface area contributed by atoms with Crippen molar-refractivity contribution in [1.82, 2.24) is 0 Å². The maximum absolute atomic E-state index is 9.59. The highest BCUT2D eigenvalue weighted by Gasteiger charge is 2.42. The Hall–Kier alpha value is -6.11. The van der Waals surface area contributed by atoms with Crippen molar-refractivity contribution in [2.24, 2.45) is 0 Å². The number of fused-ring (bicyclic) bond motifs is 11. The first kappa shape index (κ1) is 28.9. The highest BCUT2D eigenvalue weighted by Crippen LogP contribution is 2.58. The molecule has 50 heavy (non-hydrogen) atoms. The first-order valence-electron chi connectivity index (χ1n) is 17.3. The lowest BCUT2D eigenvalue weighted by molar-refractivity contribution is 0.654. The molecule has 7 aromatic carbocycles. The van der Waals surface area contributed by atoms with E-state index in [1.165, 1.54) is 55.3 Å². The molecule has 0 saturated carbocycles. The predicted molar refractivity (Wildman–Crippen MR) is 206 cm³/mol. The Labute approximate surface area is 291 Å². The Morgan fingerprint density at radius 2 is 1.18 bits per heavy atom. The smallest absolute Gasteiger partial charge is 0.159 e. The number of benzene rings is 7. The van der Waals surface area contributed by atoms with Gasteiger partial charge in [0, 0.05) is 33.0 Å². The monoisotopic (exact) mass is 642 g/mol. The van der Waals surface area contributed by atoms with Gasteiger partial charge in [-0.3, -0.25) is 0 Å². The molecule has 238 valence electrons. The Morgan fingerprint density at radius 1 is 0.540 bits per heavy atom. The summed E-state index contributed by atoms with van der Waals surface area (Å²) in [7, 11) is 0. The highest BCUT2D eigenvalue weighted by atomic mass is 16.3. The van der Waals surface area contributed by atoms with Crippen molar-refractivity contribution in [3.8, 4) is 28.3 Å². The van der Waals surface area contributed by atoms with E-state index in [2.05, 4.69) is 136 Å². The Bertz CT molecular complexity index is 2770. The molecular formula is C47H34N2O. The summed E-state index contributed by atoms with van der Waals surface area (Å²) in [6.45, 7) is 9.49. The molecule has 0 atom stereocenters. The molecule has 0 saturated heterocycles. The van der Waals surface area contributed by atoms with Gasteiger partial charge in [-0.2, -0.15) is 5.26 Å². The minimum Gasteiger partial charge on any atom is -0.454 e. The van der Waals surface area contributed by atoms with E-state index in [9.17, 15) is 5.26 Å². The number of para-hydroxylation sites is 2. The molecule has 0 unspecified atom stereocenters. The molecular weight excluding hydrogens is 609 g/mol. The van der Waals surface area contributed by atoms with Crippen molar-refractivity contribution < 1.29 is 4.42 Å². The van der Waals surface area contributed by atoms with Gasteiger partial charge in [-0.05, 0) is 116 Å². The number of nitriles is 1. The molecule has 0 aliphatic heterocycles. The third-order valence-electron chi connectivity index (χ3n) is 11.5. The van der Waals surface area contributed by atoms with Gasteiger partial charge >= 0.3 is 0 Å². The molecule has 8 aromatic rings. The second-order valence-electron chi connectivity index (χ2n) is 14.9. The molecule has 1 aromatic heterocycles. The molecule has 10 rings (SSSR count). The first-order chi connectivity index (χ1) is 24.3. The Kier molecular flexibility index (Phi) is 5.75. The summed E-state index contributed by atoms with van der Waals surface area (Å²) in [6, 6.07) is 50.0. The summed E-state index contributed by atoms with van der Waals surface area (Å²) < 4.78 is 6.56. The lowest BCUT2D eigenvalue weighted by Crippen LogP contribution is -2.17. The highest BCUT2D eigenvalue weighted by molar-refractivity contribution is 6.10. The van der Waals surface area contributed by atoms with E-state index in [0.717, 1.165) is 39.0 Å². The van der Waals surface area contributed by atoms with Crippen molar-refractivity contribution in [3.63, 3.8) is 0 Å². The average Bonchev–Trinajstić information content (AvgIpc) is 3.71. The normalized spacial score (nSPS) is 14.7. The summed E-state index contributed by atoms with van der Waals surface area (Å²) in [4.78, 5) is 2.27. The third-order valence-corrected chi connectivity index (χ3v) is 11.5. The van der Waals surface area contributed by atoms with Gasteiger partial charge in [0.1, 0.15) is 5.58 Å². The van der Waals surface area contributed by atoms with Gasteiger partial charge in [0.25, 0.3) is 0 Å². The predicted octanol–water partition coefficient (Wildman–Crippen LogP) is 12.7. The van der Waals surface area contributed by atoms with Crippen LogP contribution >= 0.6 is 0 Å². The fraction of sp³-hybridized carbons (Fsp3) is 0.128. The fourth-order valence-corrected chi connectivity index (χ4v) is 8.97. The molecule has 0 N–H and O–H groups in total. The van der Waals surface area contributed by atoms with Gasteiger partial charge < -0.3 is 9.32 Å². The third kappa shape index (κ3) is 3.79. The van der Waals surface area contributed by atoms with Crippen LogP contribution in [-0.2, 0) is 10.8 Å². The van der Waals surface area contributed by atoms with E-state index in [1.807, 2.05) is 36.4 Å². The standard InChI is InChI=1S/C47H34N2O/c1-46(2)39-24-31(49(30-19-16-28(27-48)17-20-30)42-14-9-13-36-34-12-7-8-15-43(34)50-45(36)42)21-23-33(39)37-25-41-38(26-40(37)46)35-22-18-29-10-5-6-11-32(29)44(35)47(41,3)4/h5-26H,1-4H3. The molecule has 3 heteroatoms. The van der Waals surface area contributed by atoms with Gasteiger partial charge in [-0.15, -0.1) is 0 Å². The second kappa shape index (κ2) is 9.97. The zero-order valence-electron chi connectivity index (χ0n) is 28.5. The van der Waals surface area contributed by atoms with Crippen molar-refractivity contribution in [2.75, 3.05) is 4.90 Å². The van der Waals surface area contributed by atoms with Crippen LogP contribution in [0.4, 0.5) is 17.1 Å². The second-order valence-corrected chi connectivity index (χ2v) is 14.9. The van der Waals surface area contributed by atoms with E-state index < -0.39 is 0 Å². The number of hydrogen-bond donors (Lipinski definition) is 0. The van der Waals surface area contributed by atoms with Crippen LogP contribution in [-0.4, -0.2) is 0 Å². The molecule has 0 bridgehead atoms. The molecule has 1 heterocycles. The van der Waals surface area contributed by atoms with Crippen molar-refractivity contribution >= 4 is 49.8 Å². The van der Waals surface area contributed by atoms with E-state index in [1.54, 1.807) is 0 Å². The van der Waals surface area contributed by atoms with Crippen LogP contribution in [0.3, 0.4) is 0 Å². The van der Waals surface area contributed by atoms with Crippen molar-refractivity contribution in [3.05, 3.63) is 161 Å². The lowest BCUT2D eigenvalue weighted by atomic mass is 9.78. The Balaban J connectivity index is 1.16. The summed E-state index contributed by atoms with van der Waals surface area (Å²) in [5.41, 5.74) is 15.8. The quantitative estimate of drug-likeness (QED) is 0.193. The summed E-state index contributed by atoms with van der Waals surface area (Å²) in [6.07, 6.45) is 0. The largest absolute Gasteiger partial charge is 0.454 e. The van der Waals surface area contributed by atoms with Crippen LogP contribution in [0, 0.1) is 11.3 Å². The molecule has 3 nitrogen and oxygen atoms in total. The minimum absolute atomic E-state index is 0.120. The molecule has 0 fully saturated rings. The topological polar surface area (TPSA) is 40.2 Å². The SMILES string of the molecule is CC1(C)c2cc(N(c3ccc(C#N)cc3)c3cccc4c3oc3ccccc34)ccc2-c2cc3c(cc21)-c1ccc2ccccc2c1C3(C)C. The molecule has 0 amide bonds. The van der Waals surface area contributed by atoms with E-state index >= 15 is 0 Å². The average molecular weight is 643 g/mol. The van der Waals surface area contributed by atoms with Crippen LogP contribution in [0.5, 0.6) is 0 Å². The maximum Gasteiger partial charge on any atom is 0.159 e. The molecule has 2 aliphatic rings. The van der Waals surface area contributed by atoms with Gasteiger partial charge in [-0.25, -0.2) is 0 Å². The molecule has 2 aliphatic carbocycles. The van der Waals surface area contributed by atoms with Crippen LogP contribution in [0.15, 0.2) is 138 Å². The summed E-state index contributed by atoms with van der Waals surface area (Å²) in [5, 5.41) is 14.4. The van der Waals surface area contributed by atoms with Crippen molar-refractivity contribution in [2.45, 2.75) is 38.5 Å². The maximum atomic E-state index is 9.59. The Morgan fingerprint density at radius 3 is 1.98 bits per heavy atom. The summed E-state index contributed by atoms with van der Waals surface area (Å²) >= 11 is 0. The molecule has 0 spiro atoms. The minimum atomic E-state index is -0.221. The first-order valence-corrected chi connectivity index (χ1v) is 17.3. The number of rotatable bonds is 3. The van der Waals surface area contributed by atoms with Crippen molar-refractivity contribution in [1.29, 1.82) is 5.26 Å². The number of anilines is 3. The van der Waals surface area contributed by atoms with E-state index in [0.29, 0.717) is 5.56 Å². The number of hydrogen-bond acceptors (Lipinski definition) is 3. The fourth-order valence-electron chi connectivity index (χ4n) is 8.97. The van der Waals surface area contributed by atoms with Crippen LogP contribution in [0.2, 0.25) is 0 Å². The van der Waals surface area contributed by atoms with Gasteiger partial charge in [-0.1, -0.05) is 100 Å². The van der Waals surface area contributed by atoms with E-state index in [-0.39, 0.29) is 10.8 Å². The van der Waals surface area contributed by atoms with Gasteiger partial charge in [0.15, 0.2) is 5.58 Å². The van der Waals surface area contributed by atoms with Crippen LogP contribution in [0.25, 0.3) is 55.0 Å². The van der Waals surface area contributed by atoms with Crippen LogP contribution < -0.4 is 4.90 Å². The molecule has 0 radical (unpaired) electrons. The van der Waals surface area contributed by atoms with Gasteiger partial charge in [0.2, 0.25) is 0 Å². The zero-order valence-corrected chi connectivity index (χ0v) is 28.5. The van der Waals surface area contributed by atoms with E-state index in [4.69, 9.17) is 4.42 Å².